The molecule has 0 spiro atoms. The summed E-state index contributed by atoms with van der Waals surface area (Å²) in [5.41, 5.74) is -1.33. The first kappa shape index (κ1) is 30.7. The van der Waals surface area contributed by atoms with Gasteiger partial charge in [-0.1, -0.05) is 0 Å². The SMILES string of the molecule is C[C@H]1O[C@@H](Oc2c(-c3ccc(O)c(O)c3)oc3cc(O)cc(O)c3c2=O)[C@H](O[C@@H]2O[C@H](CO)[C@H](O)[C@H](O)[C@H]2O)[C@H](O)[C@@H]1O. The number of benzene rings is 2. The van der Waals surface area contributed by atoms with Crippen molar-refractivity contribution >= 4 is 11.0 Å². The summed E-state index contributed by atoms with van der Waals surface area (Å²) in [5, 5.41) is 101. The zero-order valence-electron chi connectivity index (χ0n) is 22.3. The molecular weight excluding hydrogens is 580 g/mol. The van der Waals surface area contributed by atoms with Gasteiger partial charge in [-0.15, -0.1) is 0 Å². The van der Waals surface area contributed by atoms with Gasteiger partial charge in [-0.2, -0.15) is 0 Å². The van der Waals surface area contributed by atoms with Crippen molar-refractivity contribution in [1.82, 2.24) is 0 Å². The molecule has 10 atom stereocenters. The first-order valence-corrected chi connectivity index (χ1v) is 13.0. The van der Waals surface area contributed by atoms with Crippen molar-refractivity contribution in [3.63, 3.8) is 0 Å². The molecule has 3 heterocycles. The van der Waals surface area contributed by atoms with Gasteiger partial charge in [-0.05, 0) is 25.1 Å². The van der Waals surface area contributed by atoms with E-state index in [2.05, 4.69) is 0 Å². The number of phenolic OH excluding ortho intramolecular Hbond substituents is 4. The van der Waals surface area contributed by atoms with Crippen molar-refractivity contribution in [3.05, 3.63) is 40.6 Å². The van der Waals surface area contributed by atoms with Crippen LogP contribution in [0.3, 0.4) is 0 Å². The monoisotopic (exact) mass is 610 g/mol. The Labute approximate surface area is 241 Å². The molecule has 10 N–H and O–H groups in total. The number of ether oxygens (including phenoxy) is 4. The summed E-state index contributed by atoms with van der Waals surface area (Å²) < 4.78 is 28.3. The van der Waals surface area contributed by atoms with Crippen molar-refractivity contribution in [2.24, 2.45) is 0 Å². The molecule has 2 aliphatic heterocycles. The third-order valence-electron chi connectivity index (χ3n) is 7.31. The fourth-order valence-corrected chi connectivity index (χ4v) is 4.92. The Morgan fingerprint density at radius 2 is 1.51 bits per heavy atom. The van der Waals surface area contributed by atoms with Crippen LogP contribution in [0.4, 0.5) is 0 Å². The Balaban J connectivity index is 1.60. The molecule has 2 fully saturated rings. The van der Waals surface area contributed by atoms with Gasteiger partial charge in [0, 0.05) is 17.7 Å². The van der Waals surface area contributed by atoms with Crippen LogP contribution in [-0.2, 0) is 14.2 Å². The third kappa shape index (κ3) is 5.55. The van der Waals surface area contributed by atoms with E-state index >= 15 is 0 Å². The summed E-state index contributed by atoms with van der Waals surface area (Å²) in [5.74, 6) is -3.29. The molecule has 0 amide bonds. The highest BCUT2D eigenvalue weighted by atomic mass is 16.8. The van der Waals surface area contributed by atoms with Crippen LogP contribution < -0.4 is 10.2 Å². The lowest BCUT2D eigenvalue weighted by Crippen LogP contribution is -2.64. The van der Waals surface area contributed by atoms with Crippen molar-refractivity contribution < 1.29 is 74.4 Å². The molecule has 0 bridgehead atoms. The van der Waals surface area contributed by atoms with E-state index in [0.717, 1.165) is 24.3 Å². The zero-order chi connectivity index (χ0) is 31.3. The smallest absolute Gasteiger partial charge is 0.239 e. The molecule has 3 aromatic rings. The normalized spacial score (nSPS) is 33.0. The average molecular weight is 611 g/mol. The van der Waals surface area contributed by atoms with Crippen molar-refractivity contribution in [2.45, 2.75) is 68.3 Å². The van der Waals surface area contributed by atoms with Gasteiger partial charge < -0.3 is 74.4 Å². The van der Waals surface area contributed by atoms with Crippen molar-refractivity contribution in [3.8, 4) is 40.1 Å². The van der Waals surface area contributed by atoms with Crippen LogP contribution in [0.25, 0.3) is 22.3 Å². The second kappa shape index (κ2) is 11.8. The predicted molar refractivity (Wildman–Crippen MR) is 140 cm³/mol. The number of aliphatic hydroxyl groups is 6. The highest BCUT2D eigenvalue weighted by Crippen LogP contribution is 2.40. The van der Waals surface area contributed by atoms with Crippen LogP contribution in [0, 0.1) is 0 Å². The molecule has 43 heavy (non-hydrogen) atoms. The fraction of sp³-hybridized carbons (Fsp3) is 0.444. The number of aliphatic hydroxyl groups excluding tert-OH is 6. The van der Waals surface area contributed by atoms with E-state index in [9.17, 15) is 55.9 Å². The van der Waals surface area contributed by atoms with Gasteiger partial charge in [0.15, 0.2) is 29.7 Å². The lowest BCUT2D eigenvalue weighted by molar-refractivity contribution is -0.355. The summed E-state index contributed by atoms with van der Waals surface area (Å²) in [7, 11) is 0. The van der Waals surface area contributed by atoms with Gasteiger partial charge in [0.1, 0.15) is 59.1 Å². The van der Waals surface area contributed by atoms with Crippen LogP contribution in [0.15, 0.2) is 39.5 Å². The number of phenols is 4. The van der Waals surface area contributed by atoms with E-state index in [1.165, 1.54) is 13.0 Å². The molecule has 234 valence electrons. The Kier molecular flexibility index (Phi) is 8.41. The maximum atomic E-state index is 13.7. The van der Waals surface area contributed by atoms with Crippen LogP contribution in [0.2, 0.25) is 0 Å². The van der Waals surface area contributed by atoms with Gasteiger partial charge in [-0.25, -0.2) is 0 Å². The topological polar surface area (TPSA) is 269 Å². The summed E-state index contributed by atoms with van der Waals surface area (Å²) >= 11 is 0. The van der Waals surface area contributed by atoms with E-state index in [4.69, 9.17) is 23.4 Å². The molecule has 2 aliphatic rings. The minimum atomic E-state index is -1.91. The number of fused-ring (bicyclic) bond motifs is 1. The molecular formula is C27H30O16. The standard InChI is InChI=1S/C27H30O16/c1-8-17(33)21(37)25(43-26-22(38)20(36)18(34)15(7-28)41-26)27(39-8)42-24-19(35)16-13(32)5-10(29)6-14(16)40-23(24)9-2-3-11(30)12(31)4-9/h2-6,8,15,17-18,20-22,25-34,36-38H,7H2,1H3/t8-,15-,17-,18+,20+,21-,22-,25-,26+,27+/m1/s1. The molecule has 2 saturated heterocycles. The van der Waals surface area contributed by atoms with E-state index < -0.39 is 108 Å². The average Bonchev–Trinajstić information content (AvgIpc) is 2.96. The highest BCUT2D eigenvalue weighted by Gasteiger charge is 2.51. The Morgan fingerprint density at radius 3 is 2.19 bits per heavy atom. The van der Waals surface area contributed by atoms with Gasteiger partial charge in [0.25, 0.3) is 0 Å². The summed E-state index contributed by atoms with van der Waals surface area (Å²) in [6.07, 6.45) is -16.8. The third-order valence-corrected chi connectivity index (χ3v) is 7.31. The summed E-state index contributed by atoms with van der Waals surface area (Å²) in [6.45, 7) is 0.582. The van der Waals surface area contributed by atoms with Crippen LogP contribution >= 0.6 is 0 Å². The quantitative estimate of drug-likeness (QED) is 0.140. The fourth-order valence-electron chi connectivity index (χ4n) is 4.92. The zero-order valence-corrected chi connectivity index (χ0v) is 22.3. The maximum Gasteiger partial charge on any atom is 0.239 e. The number of aromatic hydroxyl groups is 4. The maximum absolute atomic E-state index is 13.7. The lowest BCUT2D eigenvalue weighted by Gasteiger charge is -2.45. The number of rotatable bonds is 6. The van der Waals surface area contributed by atoms with Crippen LogP contribution in [-0.4, -0.2) is 119 Å². The van der Waals surface area contributed by atoms with E-state index in [0.29, 0.717) is 0 Å². The first-order chi connectivity index (χ1) is 20.3. The molecule has 0 radical (unpaired) electrons. The van der Waals surface area contributed by atoms with Crippen LogP contribution in [0.5, 0.6) is 28.7 Å². The predicted octanol–water partition coefficient (Wildman–Crippen LogP) is -1.69. The summed E-state index contributed by atoms with van der Waals surface area (Å²) in [6, 6.07) is 5.27. The molecule has 5 rings (SSSR count). The molecule has 2 aromatic carbocycles. The largest absolute Gasteiger partial charge is 0.508 e. The summed E-state index contributed by atoms with van der Waals surface area (Å²) in [4.78, 5) is 13.7. The Morgan fingerprint density at radius 1 is 0.791 bits per heavy atom. The van der Waals surface area contributed by atoms with Crippen molar-refractivity contribution in [2.75, 3.05) is 6.61 Å². The molecule has 0 saturated carbocycles. The van der Waals surface area contributed by atoms with Crippen LogP contribution in [0.1, 0.15) is 6.92 Å². The van der Waals surface area contributed by atoms with E-state index in [1.807, 2.05) is 0 Å². The molecule has 16 heteroatoms. The second-order valence-corrected chi connectivity index (χ2v) is 10.2. The second-order valence-electron chi connectivity index (χ2n) is 10.2. The molecule has 0 unspecified atom stereocenters. The van der Waals surface area contributed by atoms with E-state index in [1.54, 1.807) is 0 Å². The van der Waals surface area contributed by atoms with Gasteiger partial charge >= 0.3 is 0 Å². The van der Waals surface area contributed by atoms with Crippen molar-refractivity contribution in [1.29, 1.82) is 0 Å². The Bertz CT molecular complexity index is 1540. The Hall–Kier alpha value is -3.71. The first-order valence-electron chi connectivity index (χ1n) is 13.0. The number of hydrogen-bond acceptors (Lipinski definition) is 16. The van der Waals surface area contributed by atoms with E-state index in [-0.39, 0.29) is 16.9 Å². The van der Waals surface area contributed by atoms with Gasteiger partial charge in [0.05, 0.1) is 12.7 Å². The lowest BCUT2D eigenvalue weighted by atomic mass is 9.97. The molecule has 16 nitrogen and oxygen atoms in total. The number of hydrogen-bond donors (Lipinski definition) is 10. The minimum Gasteiger partial charge on any atom is -0.508 e. The minimum absolute atomic E-state index is 0.0250. The molecule has 0 aliphatic carbocycles. The van der Waals surface area contributed by atoms with Gasteiger partial charge in [-0.3, -0.25) is 4.79 Å². The molecule has 1 aromatic heterocycles. The van der Waals surface area contributed by atoms with Gasteiger partial charge in [0.2, 0.25) is 17.5 Å². The highest BCUT2D eigenvalue weighted by molar-refractivity contribution is 5.88.